The second kappa shape index (κ2) is 8.90. The lowest BCUT2D eigenvalue weighted by atomic mass is 9.94. The molecular formula is C16H25ClN2O2. The number of halogens is 1. The molecule has 0 aromatic heterocycles. The summed E-state index contributed by atoms with van der Waals surface area (Å²) in [6.07, 6.45) is 2.06. The van der Waals surface area contributed by atoms with Gasteiger partial charge in [0.15, 0.2) is 0 Å². The predicted molar refractivity (Wildman–Crippen MR) is 87.4 cm³/mol. The van der Waals surface area contributed by atoms with Gasteiger partial charge in [-0.05, 0) is 43.5 Å². The molecule has 5 heteroatoms. The minimum Gasteiger partial charge on any atom is -0.494 e. The number of amides is 1. The van der Waals surface area contributed by atoms with Crippen LogP contribution in [0.3, 0.4) is 0 Å². The molecule has 4 nitrogen and oxygen atoms in total. The van der Waals surface area contributed by atoms with Crippen molar-refractivity contribution in [2.24, 2.45) is 5.92 Å². The van der Waals surface area contributed by atoms with Gasteiger partial charge in [0, 0.05) is 18.2 Å². The highest BCUT2D eigenvalue weighted by molar-refractivity contribution is 5.94. The molecule has 1 aromatic rings. The van der Waals surface area contributed by atoms with Gasteiger partial charge in [-0.15, -0.1) is 12.4 Å². The van der Waals surface area contributed by atoms with Crippen molar-refractivity contribution in [2.75, 3.05) is 19.7 Å². The largest absolute Gasteiger partial charge is 0.494 e. The van der Waals surface area contributed by atoms with E-state index in [4.69, 9.17) is 4.74 Å². The minimum absolute atomic E-state index is 0. The molecule has 1 heterocycles. The van der Waals surface area contributed by atoms with Gasteiger partial charge in [-0.3, -0.25) is 4.79 Å². The van der Waals surface area contributed by atoms with Crippen LogP contribution in [0, 0.1) is 5.92 Å². The quantitative estimate of drug-likeness (QED) is 0.879. The molecule has 1 saturated heterocycles. The summed E-state index contributed by atoms with van der Waals surface area (Å²) in [5, 5.41) is 6.43. The molecule has 0 aliphatic carbocycles. The third-order valence-electron chi connectivity index (χ3n) is 3.71. The topological polar surface area (TPSA) is 50.4 Å². The SMILES string of the molecule is CCCOc1cccc(C(=O)NC2CNCCC2C)c1.Cl. The molecule has 2 atom stereocenters. The summed E-state index contributed by atoms with van der Waals surface area (Å²) in [6, 6.07) is 7.59. The summed E-state index contributed by atoms with van der Waals surface area (Å²) in [5.74, 6) is 1.25. The van der Waals surface area contributed by atoms with Crippen LogP contribution >= 0.6 is 12.4 Å². The van der Waals surface area contributed by atoms with Crippen molar-refractivity contribution in [3.63, 3.8) is 0 Å². The van der Waals surface area contributed by atoms with Crippen molar-refractivity contribution >= 4 is 18.3 Å². The van der Waals surface area contributed by atoms with E-state index in [2.05, 4.69) is 24.5 Å². The highest BCUT2D eigenvalue weighted by Gasteiger charge is 2.23. The third-order valence-corrected chi connectivity index (χ3v) is 3.71. The number of hydrogen-bond acceptors (Lipinski definition) is 3. The predicted octanol–water partition coefficient (Wildman–Crippen LogP) is 2.63. The van der Waals surface area contributed by atoms with Crippen molar-refractivity contribution in [1.29, 1.82) is 0 Å². The lowest BCUT2D eigenvalue weighted by Gasteiger charge is -2.30. The van der Waals surface area contributed by atoms with Crippen LogP contribution in [0.25, 0.3) is 0 Å². The number of piperidine rings is 1. The molecule has 0 spiro atoms. The standard InChI is InChI=1S/C16H24N2O2.ClH/c1-3-9-20-14-6-4-5-13(10-14)16(19)18-15-11-17-8-7-12(15)2;/h4-6,10,12,15,17H,3,7-9,11H2,1-2H3,(H,18,19);1H. The Hall–Kier alpha value is -1.26. The fourth-order valence-corrected chi connectivity index (χ4v) is 2.38. The summed E-state index contributed by atoms with van der Waals surface area (Å²) in [4.78, 5) is 12.3. The van der Waals surface area contributed by atoms with E-state index in [0.717, 1.165) is 31.7 Å². The maximum absolute atomic E-state index is 12.3. The van der Waals surface area contributed by atoms with Crippen LogP contribution < -0.4 is 15.4 Å². The van der Waals surface area contributed by atoms with Crippen molar-refractivity contribution in [2.45, 2.75) is 32.7 Å². The Morgan fingerprint density at radius 1 is 1.48 bits per heavy atom. The smallest absolute Gasteiger partial charge is 0.251 e. The van der Waals surface area contributed by atoms with E-state index in [0.29, 0.717) is 18.1 Å². The second-order valence-corrected chi connectivity index (χ2v) is 5.43. The van der Waals surface area contributed by atoms with Crippen molar-refractivity contribution in [1.82, 2.24) is 10.6 Å². The summed E-state index contributed by atoms with van der Waals surface area (Å²) in [5.41, 5.74) is 0.663. The van der Waals surface area contributed by atoms with E-state index in [1.165, 1.54) is 0 Å². The van der Waals surface area contributed by atoms with Gasteiger partial charge in [-0.2, -0.15) is 0 Å². The molecule has 0 radical (unpaired) electrons. The Balaban J connectivity index is 0.00000220. The molecule has 1 amide bonds. The monoisotopic (exact) mass is 312 g/mol. The highest BCUT2D eigenvalue weighted by atomic mass is 35.5. The van der Waals surface area contributed by atoms with E-state index in [1.807, 2.05) is 24.3 Å². The van der Waals surface area contributed by atoms with Gasteiger partial charge in [0.05, 0.1) is 6.61 Å². The zero-order valence-corrected chi connectivity index (χ0v) is 13.5. The molecule has 2 N–H and O–H groups in total. The fraction of sp³-hybridized carbons (Fsp3) is 0.562. The molecule has 0 bridgehead atoms. The number of carbonyl (C=O) groups is 1. The van der Waals surface area contributed by atoms with Gasteiger partial charge in [0.25, 0.3) is 5.91 Å². The molecule has 0 saturated carbocycles. The first kappa shape index (κ1) is 17.8. The second-order valence-electron chi connectivity index (χ2n) is 5.43. The molecular weight excluding hydrogens is 288 g/mol. The van der Waals surface area contributed by atoms with E-state index in [-0.39, 0.29) is 24.4 Å². The lowest BCUT2D eigenvalue weighted by Crippen LogP contribution is -2.50. The Labute approximate surface area is 133 Å². The molecule has 2 unspecified atom stereocenters. The van der Waals surface area contributed by atoms with Gasteiger partial charge in [-0.1, -0.05) is 19.9 Å². The highest BCUT2D eigenvalue weighted by Crippen LogP contribution is 2.15. The number of ether oxygens (including phenoxy) is 1. The summed E-state index contributed by atoms with van der Waals surface area (Å²) in [6.45, 7) is 6.81. The maximum Gasteiger partial charge on any atom is 0.251 e. The van der Waals surface area contributed by atoms with E-state index >= 15 is 0 Å². The Kier molecular flexibility index (Phi) is 7.54. The normalized spacial score (nSPS) is 21.2. The summed E-state index contributed by atoms with van der Waals surface area (Å²) < 4.78 is 5.56. The maximum atomic E-state index is 12.3. The van der Waals surface area contributed by atoms with Crippen molar-refractivity contribution in [3.05, 3.63) is 29.8 Å². The first-order valence-corrected chi connectivity index (χ1v) is 7.45. The zero-order chi connectivity index (χ0) is 14.4. The lowest BCUT2D eigenvalue weighted by molar-refractivity contribution is 0.0915. The Morgan fingerprint density at radius 3 is 3.00 bits per heavy atom. The Morgan fingerprint density at radius 2 is 2.29 bits per heavy atom. The number of rotatable bonds is 5. The number of hydrogen-bond donors (Lipinski definition) is 2. The minimum atomic E-state index is -0.0208. The first-order chi connectivity index (χ1) is 9.70. The van der Waals surface area contributed by atoms with Gasteiger partial charge >= 0.3 is 0 Å². The zero-order valence-electron chi connectivity index (χ0n) is 12.7. The molecule has 118 valence electrons. The van der Waals surface area contributed by atoms with Crippen LogP contribution in [0.2, 0.25) is 0 Å². The van der Waals surface area contributed by atoms with Crippen LogP contribution in [-0.4, -0.2) is 31.6 Å². The Bertz CT molecular complexity index is 454. The fourth-order valence-electron chi connectivity index (χ4n) is 2.38. The van der Waals surface area contributed by atoms with Gasteiger partial charge in [0.2, 0.25) is 0 Å². The molecule has 1 aromatic carbocycles. The summed E-state index contributed by atoms with van der Waals surface area (Å²) >= 11 is 0. The van der Waals surface area contributed by atoms with E-state index in [1.54, 1.807) is 0 Å². The van der Waals surface area contributed by atoms with E-state index in [9.17, 15) is 4.79 Å². The molecule has 1 fully saturated rings. The molecule has 1 aliphatic rings. The summed E-state index contributed by atoms with van der Waals surface area (Å²) in [7, 11) is 0. The number of carbonyl (C=O) groups excluding carboxylic acids is 1. The van der Waals surface area contributed by atoms with Crippen LogP contribution in [0.1, 0.15) is 37.0 Å². The van der Waals surface area contributed by atoms with Crippen LogP contribution in [-0.2, 0) is 0 Å². The van der Waals surface area contributed by atoms with Crippen LogP contribution in [0.4, 0.5) is 0 Å². The third kappa shape index (κ3) is 5.21. The first-order valence-electron chi connectivity index (χ1n) is 7.45. The number of benzene rings is 1. The molecule has 1 aliphatic heterocycles. The van der Waals surface area contributed by atoms with Crippen LogP contribution in [0.5, 0.6) is 5.75 Å². The average Bonchev–Trinajstić information content (AvgIpc) is 2.48. The van der Waals surface area contributed by atoms with Gasteiger partial charge in [-0.25, -0.2) is 0 Å². The molecule has 2 rings (SSSR count). The van der Waals surface area contributed by atoms with Crippen LogP contribution in [0.15, 0.2) is 24.3 Å². The molecule has 21 heavy (non-hydrogen) atoms. The van der Waals surface area contributed by atoms with Crippen molar-refractivity contribution < 1.29 is 9.53 Å². The average molecular weight is 313 g/mol. The van der Waals surface area contributed by atoms with E-state index < -0.39 is 0 Å². The van der Waals surface area contributed by atoms with Crippen molar-refractivity contribution in [3.8, 4) is 5.75 Å². The van der Waals surface area contributed by atoms with Gasteiger partial charge < -0.3 is 15.4 Å². The number of nitrogens with one attached hydrogen (secondary N) is 2. The van der Waals surface area contributed by atoms with Gasteiger partial charge in [0.1, 0.15) is 5.75 Å².